The monoisotopic (exact) mass is 345 g/mol. The van der Waals surface area contributed by atoms with Crippen LogP contribution in [-0.2, 0) is 11.2 Å². The van der Waals surface area contributed by atoms with E-state index in [0.29, 0.717) is 12.8 Å². The third kappa shape index (κ3) is 4.01. The van der Waals surface area contributed by atoms with E-state index in [1.807, 2.05) is 25.1 Å². The fraction of sp³-hybridized carbons (Fsp3) is 0.533. The van der Waals surface area contributed by atoms with Crippen molar-refractivity contribution in [3.63, 3.8) is 0 Å². The molecule has 0 N–H and O–H groups in total. The Bertz CT molecular complexity index is 495. The molecule has 1 fully saturated rings. The van der Waals surface area contributed by atoms with Crippen LogP contribution in [0.25, 0.3) is 0 Å². The van der Waals surface area contributed by atoms with Gasteiger partial charge in [-0.25, -0.2) is 8.78 Å². The highest BCUT2D eigenvalue weighted by atomic mass is 79.9. The molecule has 0 atom stereocenters. The van der Waals surface area contributed by atoms with Crippen LogP contribution in [0.15, 0.2) is 22.7 Å². The predicted molar refractivity (Wildman–Crippen MR) is 78.0 cm³/mol. The third-order valence-corrected chi connectivity index (χ3v) is 4.40. The number of benzene rings is 1. The van der Waals surface area contributed by atoms with Crippen LogP contribution >= 0.6 is 15.9 Å². The molecule has 1 aliphatic heterocycles. The Morgan fingerprint density at radius 2 is 2.00 bits per heavy atom. The molecule has 1 amide bonds. The van der Waals surface area contributed by atoms with Crippen LogP contribution < -0.4 is 0 Å². The van der Waals surface area contributed by atoms with Gasteiger partial charge >= 0.3 is 0 Å². The van der Waals surface area contributed by atoms with E-state index in [1.54, 1.807) is 4.90 Å². The van der Waals surface area contributed by atoms with Crippen LogP contribution in [0.3, 0.4) is 0 Å². The molecule has 110 valence electrons. The molecular formula is C15H18BrF2NO. The van der Waals surface area contributed by atoms with Crippen molar-refractivity contribution in [2.24, 2.45) is 0 Å². The molecule has 0 aliphatic carbocycles. The Hall–Kier alpha value is -0.970. The molecule has 0 bridgehead atoms. The minimum atomic E-state index is -2.60. The smallest absolute Gasteiger partial charge is 0.251 e. The second-order valence-electron chi connectivity index (χ2n) is 5.33. The number of piperidine rings is 1. The molecule has 2 rings (SSSR count). The van der Waals surface area contributed by atoms with Gasteiger partial charge in [-0.2, -0.15) is 0 Å². The van der Waals surface area contributed by atoms with Gasteiger partial charge in [-0.3, -0.25) is 4.79 Å². The number of rotatable bonds is 3. The summed E-state index contributed by atoms with van der Waals surface area (Å²) in [5.41, 5.74) is 2.23. The van der Waals surface area contributed by atoms with Crippen LogP contribution in [0.5, 0.6) is 0 Å². The molecule has 5 heteroatoms. The lowest BCUT2D eigenvalue weighted by Gasteiger charge is -2.31. The van der Waals surface area contributed by atoms with Crippen molar-refractivity contribution in [1.82, 2.24) is 4.90 Å². The van der Waals surface area contributed by atoms with Gasteiger partial charge in [-0.1, -0.05) is 28.1 Å². The van der Waals surface area contributed by atoms with Crippen LogP contribution in [0.1, 0.15) is 30.4 Å². The minimum Gasteiger partial charge on any atom is -0.342 e. The number of aryl methyl sites for hydroxylation is 2. The van der Waals surface area contributed by atoms with Gasteiger partial charge in [-0.15, -0.1) is 0 Å². The minimum absolute atomic E-state index is 0.0343. The van der Waals surface area contributed by atoms with Crippen LogP contribution in [0.2, 0.25) is 0 Å². The Morgan fingerprint density at radius 1 is 1.35 bits per heavy atom. The molecule has 1 heterocycles. The zero-order chi connectivity index (χ0) is 14.8. The fourth-order valence-corrected chi connectivity index (χ4v) is 3.03. The van der Waals surface area contributed by atoms with E-state index in [-0.39, 0.29) is 31.8 Å². The Morgan fingerprint density at radius 3 is 2.60 bits per heavy atom. The van der Waals surface area contributed by atoms with Crippen LogP contribution in [0, 0.1) is 6.92 Å². The molecule has 0 saturated carbocycles. The summed E-state index contributed by atoms with van der Waals surface area (Å²) >= 11 is 3.48. The Kier molecular flexibility index (Phi) is 4.78. The van der Waals surface area contributed by atoms with Gasteiger partial charge in [-0.05, 0) is 30.5 Å². The molecule has 1 aromatic carbocycles. The predicted octanol–water partition coefficient (Wildman–Crippen LogP) is 3.95. The molecular weight excluding hydrogens is 328 g/mol. The third-order valence-electron chi connectivity index (χ3n) is 3.66. The largest absolute Gasteiger partial charge is 0.342 e. The zero-order valence-electron chi connectivity index (χ0n) is 11.5. The summed E-state index contributed by atoms with van der Waals surface area (Å²) in [5, 5.41) is 0. The second kappa shape index (κ2) is 6.20. The maximum absolute atomic E-state index is 13.0. The molecule has 2 nitrogen and oxygen atoms in total. The lowest BCUT2D eigenvalue weighted by molar-refractivity contribution is -0.137. The van der Waals surface area contributed by atoms with Crippen molar-refractivity contribution >= 4 is 21.8 Å². The average molecular weight is 346 g/mol. The summed E-state index contributed by atoms with van der Waals surface area (Å²) in [6.45, 7) is 2.34. The van der Waals surface area contributed by atoms with Gasteiger partial charge in [0.2, 0.25) is 5.91 Å². The number of hydrogen-bond donors (Lipinski definition) is 0. The van der Waals surface area contributed by atoms with Crippen molar-refractivity contribution in [3.8, 4) is 0 Å². The Labute approximate surface area is 126 Å². The van der Waals surface area contributed by atoms with E-state index in [0.717, 1.165) is 15.6 Å². The average Bonchev–Trinajstić information content (AvgIpc) is 2.37. The number of alkyl halides is 2. The van der Waals surface area contributed by atoms with E-state index in [2.05, 4.69) is 15.9 Å². The van der Waals surface area contributed by atoms with E-state index in [1.165, 1.54) is 0 Å². The number of carbonyl (C=O) groups is 1. The normalized spacial score (nSPS) is 18.1. The van der Waals surface area contributed by atoms with Gasteiger partial charge in [0.25, 0.3) is 5.92 Å². The standard InChI is InChI=1S/C15H18BrF2NO/c1-11-2-3-12(13(16)10-11)4-5-14(20)19-8-6-15(17,18)7-9-19/h2-3,10H,4-9H2,1H3. The molecule has 1 aliphatic rings. The molecule has 0 aromatic heterocycles. The van der Waals surface area contributed by atoms with Gasteiger partial charge in [0.15, 0.2) is 0 Å². The number of halogens is 3. The summed E-state index contributed by atoms with van der Waals surface area (Å²) in [6, 6.07) is 6.02. The van der Waals surface area contributed by atoms with Gasteiger partial charge in [0.05, 0.1) is 0 Å². The number of likely N-dealkylation sites (tertiary alicyclic amines) is 1. The highest BCUT2D eigenvalue weighted by molar-refractivity contribution is 9.10. The van der Waals surface area contributed by atoms with E-state index < -0.39 is 5.92 Å². The van der Waals surface area contributed by atoms with Crippen molar-refractivity contribution in [3.05, 3.63) is 33.8 Å². The number of hydrogen-bond acceptors (Lipinski definition) is 1. The first-order valence-electron chi connectivity index (χ1n) is 6.78. The fourth-order valence-electron chi connectivity index (χ4n) is 2.34. The number of carbonyl (C=O) groups excluding carboxylic acids is 1. The second-order valence-corrected chi connectivity index (χ2v) is 6.19. The van der Waals surface area contributed by atoms with Gasteiger partial charge in [0, 0.05) is 36.8 Å². The van der Waals surface area contributed by atoms with Gasteiger partial charge < -0.3 is 4.90 Å². The molecule has 1 saturated heterocycles. The highest BCUT2D eigenvalue weighted by Crippen LogP contribution is 2.28. The summed E-state index contributed by atoms with van der Waals surface area (Å²) in [5.74, 6) is -2.63. The quantitative estimate of drug-likeness (QED) is 0.812. The van der Waals surface area contributed by atoms with E-state index in [4.69, 9.17) is 0 Å². The van der Waals surface area contributed by atoms with E-state index in [9.17, 15) is 13.6 Å². The number of nitrogens with zero attached hydrogens (tertiary/aromatic N) is 1. The lowest BCUT2D eigenvalue weighted by Crippen LogP contribution is -2.42. The number of amides is 1. The maximum atomic E-state index is 13.0. The molecule has 1 aromatic rings. The van der Waals surface area contributed by atoms with Crippen LogP contribution in [0.4, 0.5) is 8.78 Å². The SMILES string of the molecule is Cc1ccc(CCC(=O)N2CCC(F)(F)CC2)c(Br)c1. The van der Waals surface area contributed by atoms with E-state index >= 15 is 0 Å². The summed E-state index contributed by atoms with van der Waals surface area (Å²) in [6.07, 6.45) is 0.569. The highest BCUT2D eigenvalue weighted by Gasteiger charge is 2.35. The zero-order valence-corrected chi connectivity index (χ0v) is 13.1. The molecule has 20 heavy (non-hydrogen) atoms. The lowest BCUT2D eigenvalue weighted by atomic mass is 10.0. The van der Waals surface area contributed by atoms with Crippen molar-refractivity contribution in [2.75, 3.05) is 13.1 Å². The van der Waals surface area contributed by atoms with Crippen LogP contribution in [-0.4, -0.2) is 29.8 Å². The maximum Gasteiger partial charge on any atom is 0.251 e. The first-order chi connectivity index (χ1) is 9.37. The summed E-state index contributed by atoms with van der Waals surface area (Å²) in [4.78, 5) is 13.6. The molecule has 0 spiro atoms. The first-order valence-corrected chi connectivity index (χ1v) is 7.57. The topological polar surface area (TPSA) is 20.3 Å². The van der Waals surface area contributed by atoms with Crippen molar-refractivity contribution in [2.45, 2.75) is 38.5 Å². The first kappa shape index (κ1) is 15.4. The van der Waals surface area contributed by atoms with Crippen molar-refractivity contribution in [1.29, 1.82) is 0 Å². The Balaban J connectivity index is 1.86. The summed E-state index contributed by atoms with van der Waals surface area (Å²) < 4.78 is 27.1. The molecule has 0 radical (unpaired) electrons. The molecule has 0 unspecified atom stereocenters. The van der Waals surface area contributed by atoms with Crippen molar-refractivity contribution < 1.29 is 13.6 Å². The summed E-state index contributed by atoms with van der Waals surface area (Å²) in [7, 11) is 0. The van der Waals surface area contributed by atoms with Gasteiger partial charge in [0.1, 0.15) is 0 Å².